The fourth-order valence-electron chi connectivity index (χ4n) is 6.08. The van der Waals surface area contributed by atoms with Gasteiger partial charge in [-0.1, -0.05) is 91.0 Å². The second kappa shape index (κ2) is 19.1. The van der Waals surface area contributed by atoms with E-state index < -0.39 is 42.0 Å². The van der Waals surface area contributed by atoms with Crippen LogP contribution in [0.1, 0.15) is 55.2 Å². The monoisotopic (exact) mass is 681 g/mol. The molecule has 0 bridgehead atoms. The molecule has 0 saturated carbocycles. The average molecular weight is 682 g/mol. The summed E-state index contributed by atoms with van der Waals surface area (Å²) < 4.78 is 11.1. The number of amides is 3. The predicted molar refractivity (Wildman–Crippen MR) is 192 cm³/mol. The molecule has 0 spiro atoms. The first kappa shape index (κ1) is 37.6. The molecule has 4 N–H and O–H groups in total. The van der Waals surface area contributed by atoms with Crippen molar-refractivity contribution in [3.63, 3.8) is 0 Å². The van der Waals surface area contributed by atoms with Gasteiger partial charge in [0.05, 0.1) is 24.6 Å². The van der Waals surface area contributed by atoms with Gasteiger partial charge in [0.15, 0.2) is 0 Å². The molecule has 10 nitrogen and oxygen atoms in total. The quantitative estimate of drug-likeness (QED) is 0.101. The van der Waals surface area contributed by atoms with Gasteiger partial charge < -0.3 is 30.5 Å². The molecule has 264 valence electrons. The fourth-order valence-corrected chi connectivity index (χ4v) is 6.08. The number of rotatable bonds is 19. The number of carbonyl (C=O) groups is 4. The zero-order chi connectivity index (χ0) is 35.9. The zero-order valence-electron chi connectivity index (χ0n) is 28.5. The number of fused-ring (bicyclic) bond motifs is 3. The molecule has 3 aromatic rings. The van der Waals surface area contributed by atoms with Crippen LogP contribution >= 0.6 is 0 Å². The standard InChI is InChI=1S/C40H47N3O7/c1-4-6-21-36(43-40(48)50-26-35-33-19-12-10-17-31(33)32-18-11-13-20-34(32)35)39(47)49-25-27(3)41-38(46)29(14-5-2)23-37(45)42-30(24-44)22-28-15-8-7-9-16-28/h4-5,7-13,15-20,27,29-30,35-36,44H,1-2,6,14,21-26H2,3H3,(H,41,46)(H,42,45)(H,43,48). The number of aliphatic hydroxyl groups excluding tert-OH is 1. The maximum Gasteiger partial charge on any atom is 0.407 e. The molecule has 10 heteroatoms. The van der Waals surface area contributed by atoms with Crippen LogP contribution in [0.3, 0.4) is 0 Å². The minimum atomic E-state index is -0.987. The van der Waals surface area contributed by atoms with Crippen molar-refractivity contribution >= 4 is 23.9 Å². The largest absolute Gasteiger partial charge is 0.462 e. The van der Waals surface area contributed by atoms with Crippen LogP contribution in [0.25, 0.3) is 11.1 Å². The summed E-state index contributed by atoms with van der Waals surface area (Å²) in [7, 11) is 0. The first-order valence-corrected chi connectivity index (χ1v) is 17.0. The van der Waals surface area contributed by atoms with Gasteiger partial charge in [-0.25, -0.2) is 9.59 Å². The lowest BCUT2D eigenvalue weighted by molar-refractivity contribution is -0.147. The third-order valence-corrected chi connectivity index (χ3v) is 8.61. The van der Waals surface area contributed by atoms with Crippen molar-refractivity contribution in [1.82, 2.24) is 16.0 Å². The summed E-state index contributed by atoms with van der Waals surface area (Å²) in [6.45, 7) is 8.80. The van der Waals surface area contributed by atoms with E-state index in [0.717, 1.165) is 27.8 Å². The molecule has 0 radical (unpaired) electrons. The van der Waals surface area contributed by atoms with E-state index in [2.05, 4.69) is 41.2 Å². The Bertz CT molecular complexity index is 1580. The summed E-state index contributed by atoms with van der Waals surface area (Å²) in [6, 6.07) is 23.5. The highest BCUT2D eigenvalue weighted by molar-refractivity contribution is 5.86. The van der Waals surface area contributed by atoms with Crippen molar-refractivity contribution in [2.45, 2.75) is 63.1 Å². The summed E-state index contributed by atoms with van der Waals surface area (Å²) in [5.74, 6) is -2.27. The topological polar surface area (TPSA) is 143 Å². The van der Waals surface area contributed by atoms with E-state index in [0.29, 0.717) is 12.8 Å². The van der Waals surface area contributed by atoms with Crippen molar-refractivity contribution in [3.8, 4) is 11.1 Å². The van der Waals surface area contributed by atoms with Crippen molar-refractivity contribution in [3.05, 3.63) is 121 Å². The van der Waals surface area contributed by atoms with Gasteiger partial charge in [0.1, 0.15) is 19.3 Å². The number of aliphatic hydroxyl groups is 1. The fraction of sp³-hybridized carbons (Fsp3) is 0.350. The predicted octanol–water partition coefficient (Wildman–Crippen LogP) is 5.21. The number of benzene rings is 3. The van der Waals surface area contributed by atoms with Crippen LogP contribution in [-0.2, 0) is 30.3 Å². The van der Waals surface area contributed by atoms with Crippen LogP contribution in [0.4, 0.5) is 4.79 Å². The Hall–Kier alpha value is -5.22. The van der Waals surface area contributed by atoms with Crippen molar-refractivity contribution in [2.24, 2.45) is 5.92 Å². The molecule has 0 fully saturated rings. The van der Waals surface area contributed by atoms with Crippen molar-refractivity contribution in [1.29, 1.82) is 0 Å². The highest BCUT2D eigenvalue weighted by atomic mass is 16.6. The minimum Gasteiger partial charge on any atom is -0.462 e. The third kappa shape index (κ3) is 10.6. The minimum absolute atomic E-state index is 0.101. The number of alkyl carbamates (subject to hydrolysis) is 1. The average Bonchev–Trinajstić information content (AvgIpc) is 3.44. The molecule has 4 unspecified atom stereocenters. The number of nitrogens with one attached hydrogen (secondary N) is 3. The van der Waals surface area contributed by atoms with Crippen molar-refractivity contribution in [2.75, 3.05) is 19.8 Å². The first-order chi connectivity index (χ1) is 24.2. The summed E-state index contributed by atoms with van der Waals surface area (Å²) in [5.41, 5.74) is 5.34. The third-order valence-electron chi connectivity index (χ3n) is 8.61. The molecule has 0 saturated heterocycles. The molecule has 0 aromatic heterocycles. The molecule has 1 aliphatic rings. The van der Waals surface area contributed by atoms with Gasteiger partial charge in [0, 0.05) is 12.3 Å². The second-order valence-corrected chi connectivity index (χ2v) is 12.5. The van der Waals surface area contributed by atoms with Gasteiger partial charge in [0.25, 0.3) is 0 Å². The van der Waals surface area contributed by atoms with E-state index in [1.807, 2.05) is 66.7 Å². The Morgan fingerprint density at radius 2 is 1.48 bits per heavy atom. The van der Waals surface area contributed by atoms with E-state index in [4.69, 9.17) is 9.47 Å². The van der Waals surface area contributed by atoms with Crippen LogP contribution in [0.2, 0.25) is 0 Å². The Balaban J connectivity index is 1.26. The smallest absolute Gasteiger partial charge is 0.407 e. The lowest BCUT2D eigenvalue weighted by Gasteiger charge is -2.22. The van der Waals surface area contributed by atoms with Gasteiger partial charge >= 0.3 is 12.1 Å². The molecule has 4 rings (SSSR count). The van der Waals surface area contributed by atoms with E-state index in [1.165, 1.54) is 0 Å². The highest BCUT2D eigenvalue weighted by Crippen LogP contribution is 2.44. The van der Waals surface area contributed by atoms with Gasteiger partial charge in [-0.05, 0) is 60.4 Å². The molecule has 50 heavy (non-hydrogen) atoms. The Labute approximate surface area is 294 Å². The SMILES string of the molecule is C=CCCC(NC(=O)OCC1c2ccccc2-c2ccccc21)C(=O)OCC(C)NC(=O)C(CC=C)CC(=O)NC(CO)Cc1ccccc1. The number of hydrogen-bond donors (Lipinski definition) is 4. The van der Waals surface area contributed by atoms with E-state index in [1.54, 1.807) is 19.1 Å². The van der Waals surface area contributed by atoms with Crippen LogP contribution in [0.5, 0.6) is 0 Å². The highest BCUT2D eigenvalue weighted by Gasteiger charge is 2.30. The van der Waals surface area contributed by atoms with Gasteiger partial charge in [-0.3, -0.25) is 9.59 Å². The van der Waals surface area contributed by atoms with E-state index in [-0.39, 0.29) is 50.9 Å². The van der Waals surface area contributed by atoms with Gasteiger partial charge in [0.2, 0.25) is 11.8 Å². The van der Waals surface area contributed by atoms with Crippen LogP contribution in [0, 0.1) is 5.92 Å². The summed E-state index contributed by atoms with van der Waals surface area (Å²) in [6.07, 6.45) is 3.76. The number of hydrogen-bond acceptors (Lipinski definition) is 7. The molecule has 1 aliphatic carbocycles. The summed E-state index contributed by atoms with van der Waals surface area (Å²) in [4.78, 5) is 51.9. The first-order valence-electron chi connectivity index (χ1n) is 17.0. The van der Waals surface area contributed by atoms with Crippen LogP contribution in [-0.4, -0.2) is 66.9 Å². The lowest BCUT2D eigenvalue weighted by atomic mass is 9.98. The van der Waals surface area contributed by atoms with Crippen LogP contribution < -0.4 is 16.0 Å². The molecule has 4 atom stereocenters. The molecule has 0 aliphatic heterocycles. The molecular formula is C40H47N3O7. The zero-order valence-corrected chi connectivity index (χ0v) is 28.5. The Morgan fingerprint density at radius 3 is 2.10 bits per heavy atom. The molecular weight excluding hydrogens is 634 g/mol. The maximum atomic E-state index is 13.1. The Kier molecular flexibility index (Phi) is 14.4. The lowest BCUT2D eigenvalue weighted by Crippen LogP contribution is -2.45. The van der Waals surface area contributed by atoms with Crippen LogP contribution in [0.15, 0.2) is 104 Å². The number of allylic oxidation sites excluding steroid dienone is 2. The summed E-state index contributed by atoms with van der Waals surface area (Å²) in [5, 5.41) is 18.0. The maximum absolute atomic E-state index is 13.1. The van der Waals surface area contributed by atoms with Crippen molar-refractivity contribution < 1.29 is 33.8 Å². The molecule has 0 heterocycles. The van der Waals surface area contributed by atoms with E-state index >= 15 is 0 Å². The normalized spacial score (nSPS) is 14.1. The van der Waals surface area contributed by atoms with E-state index in [9.17, 15) is 24.3 Å². The van der Waals surface area contributed by atoms with Gasteiger partial charge in [-0.15, -0.1) is 13.2 Å². The second-order valence-electron chi connectivity index (χ2n) is 12.5. The molecule has 3 aromatic carbocycles. The molecule has 3 amide bonds. The number of esters is 1. The number of carbonyl (C=O) groups excluding carboxylic acids is 4. The number of ether oxygens (including phenoxy) is 2. The Morgan fingerprint density at radius 1 is 0.840 bits per heavy atom. The summed E-state index contributed by atoms with van der Waals surface area (Å²) >= 11 is 0. The van der Waals surface area contributed by atoms with Gasteiger partial charge in [-0.2, -0.15) is 0 Å².